The third-order valence-electron chi connectivity index (χ3n) is 10.6. The van der Waals surface area contributed by atoms with Crippen LogP contribution in [0, 0.1) is 34.5 Å². The number of ketones is 1. The number of hydrogen-bond donors (Lipinski definition) is 0. The Morgan fingerprint density at radius 1 is 0.929 bits per heavy atom. The molecule has 0 aromatic rings. The first-order chi connectivity index (χ1) is 12.9. The predicted molar refractivity (Wildman–Crippen MR) is 119 cm³/mol. The molecule has 0 heterocycles. The summed E-state index contributed by atoms with van der Waals surface area (Å²) in [7, 11) is -1.72. The highest BCUT2D eigenvalue weighted by atomic mass is 28.4. The average molecular weight is 405 g/mol. The van der Waals surface area contributed by atoms with E-state index in [1.165, 1.54) is 38.5 Å². The summed E-state index contributed by atoms with van der Waals surface area (Å²) in [6.07, 6.45) is 11.4. The Kier molecular flexibility index (Phi) is 5.03. The summed E-state index contributed by atoms with van der Waals surface area (Å²) in [6.45, 7) is 17.1. The second-order valence-electron chi connectivity index (χ2n) is 12.9. The minimum absolute atomic E-state index is 0.290. The molecular weight excluding hydrogens is 360 g/mol. The van der Waals surface area contributed by atoms with E-state index in [9.17, 15) is 4.79 Å². The molecule has 4 saturated carbocycles. The standard InChI is InChI=1S/C25H44O2Si/c1-23(2,3)28(6,7)27-22-11-10-20-19-9-8-17-16-18(26)12-14-24(17,4)21(19)13-15-25(20,22)5/h17,19-22H,8-16H2,1-7H3/t17-,19-,20-,21-,22-,24-,25-/m0/s1. The molecule has 0 aromatic carbocycles. The summed E-state index contributed by atoms with van der Waals surface area (Å²) < 4.78 is 7.06. The SMILES string of the molecule is CC(C)(C)[Si](C)(C)O[C@H]1CC[C@H]2[C@@H]3CC[C@H]4CC(=O)CC[C@]4(C)[C@H]3CC[C@]12C. The van der Waals surface area contributed by atoms with Crippen LogP contribution in [0.5, 0.6) is 0 Å². The van der Waals surface area contributed by atoms with Crippen molar-refractivity contribution in [2.45, 2.75) is 117 Å². The third-order valence-corrected chi connectivity index (χ3v) is 15.1. The fourth-order valence-corrected chi connectivity index (χ4v) is 9.18. The number of rotatable bonds is 2. The van der Waals surface area contributed by atoms with Gasteiger partial charge in [-0.2, -0.15) is 0 Å². The number of Topliss-reactive ketones (excluding diaryl/α,β-unsaturated/α-hetero) is 1. The van der Waals surface area contributed by atoms with Crippen molar-refractivity contribution in [2.75, 3.05) is 0 Å². The van der Waals surface area contributed by atoms with Crippen molar-refractivity contribution in [3.8, 4) is 0 Å². The van der Waals surface area contributed by atoms with Crippen molar-refractivity contribution >= 4 is 14.1 Å². The van der Waals surface area contributed by atoms with Crippen molar-refractivity contribution in [1.82, 2.24) is 0 Å². The first kappa shape index (κ1) is 21.1. The van der Waals surface area contributed by atoms with Gasteiger partial charge in [-0.25, -0.2) is 0 Å². The Hall–Kier alpha value is -0.153. The van der Waals surface area contributed by atoms with E-state index in [-0.39, 0.29) is 0 Å². The summed E-state index contributed by atoms with van der Waals surface area (Å²) >= 11 is 0. The molecule has 0 radical (unpaired) electrons. The molecule has 0 aromatic heterocycles. The summed E-state index contributed by atoms with van der Waals surface area (Å²) in [5, 5.41) is 0.290. The first-order valence-corrected chi connectivity index (χ1v) is 15.0. The van der Waals surface area contributed by atoms with E-state index in [2.05, 4.69) is 47.7 Å². The van der Waals surface area contributed by atoms with Crippen molar-refractivity contribution in [3.05, 3.63) is 0 Å². The Morgan fingerprint density at radius 3 is 2.29 bits per heavy atom. The van der Waals surface area contributed by atoms with Crippen LogP contribution in [-0.2, 0) is 9.22 Å². The maximum Gasteiger partial charge on any atom is 0.192 e. The van der Waals surface area contributed by atoms with Crippen molar-refractivity contribution in [2.24, 2.45) is 34.5 Å². The van der Waals surface area contributed by atoms with Crippen molar-refractivity contribution < 1.29 is 9.22 Å². The zero-order valence-electron chi connectivity index (χ0n) is 19.6. The molecule has 0 N–H and O–H groups in total. The molecule has 4 aliphatic rings. The van der Waals surface area contributed by atoms with Gasteiger partial charge in [-0.05, 0) is 97.6 Å². The highest BCUT2D eigenvalue weighted by Crippen LogP contribution is 2.66. The Bertz CT molecular complexity index is 635. The molecule has 3 heteroatoms. The lowest BCUT2D eigenvalue weighted by molar-refractivity contribution is -0.141. The molecule has 2 nitrogen and oxygen atoms in total. The highest BCUT2D eigenvalue weighted by Gasteiger charge is 2.61. The molecule has 0 amide bonds. The van der Waals surface area contributed by atoms with Crippen LogP contribution in [0.1, 0.15) is 92.4 Å². The van der Waals surface area contributed by atoms with E-state index >= 15 is 0 Å². The minimum atomic E-state index is -1.72. The van der Waals surface area contributed by atoms with Crippen LogP contribution in [0.2, 0.25) is 18.1 Å². The van der Waals surface area contributed by atoms with E-state index in [1.54, 1.807) is 0 Å². The van der Waals surface area contributed by atoms with Crippen LogP contribution >= 0.6 is 0 Å². The van der Waals surface area contributed by atoms with E-state index in [0.29, 0.717) is 33.7 Å². The molecular formula is C25H44O2Si. The van der Waals surface area contributed by atoms with Gasteiger partial charge in [-0.1, -0.05) is 34.6 Å². The molecule has 160 valence electrons. The largest absolute Gasteiger partial charge is 0.413 e. The number of carbonyl (C=O) groups excluding carboxylic acids is 1. The fraction of sp³-hybridized carbons (Fsp3) is 0.960. The maximum atomic E-state index is 12.1. The number of carbonyl (C=O) groups is 1. The second kappa shape index (κ2) is 6.67. The van der Waals surface area contributed by atoms with Gasteiger partial charge in [0.25, 0.3) is 0 Å². The van der Waals surface area contributed by atoms with Crippen LogP contribution in [0.15, 0.2) is 0 Å². The van der Waals surface area contributed by atoms with E-state index < -0.39 is 8.32 Å². The normalized spacial score (nSPS) is 46.7. The second-order valence-corrected chi connectivity index (χ2v) is 17.6. The van der Waals surface area contributed by atoms with E-state index in [4.69, 9.17) is 4.43 Å². The molecule has 7 atom stereocenters. The lowest BCUT2D eigenvalue weighted by Gasteiger charge is -2.60. The minimum Gasteiger partial charge on any atom is -0.413 e. The van der Waals surface area contributed by atoms with Crippen LogP contribution in [0.25, 0.3) is 0 Å². The van der Waals surface area contributed by atoms with Gasteiger partial charge in [0, 0.05) is 12.8 Å². The number of fused-ring (bicyclic) bond motifs is 5. The van der Waals surface area contributed by atoms with Crippen LogP contribution in [0.4, 0.5) is 0 Å². The molecule has 28 heavy (non-hydrogen) atoms. The van der Waals surface area contributed by atoms with E-state index in [1.807, 2.05) is 0 Å². The first-order valence-electron chi connectivity index (χ1n) is 12.1. The van der Waals surface area contributed by atoms with Crippen LogP contribution in [0.3, 0.4) is 0 Å². The number of hydrogen-bond acceptors (Lipinski definition) is 2. The quantitative estimate of drug-likeness (QED) is 0.464. The topological polar surface area (TPSA) is 26.3 Å². The van der Waals surface area contributed by atoms with Gasteiger partial charge in [0.05, 0.1) is 6.10 Å². The van der Waals surface area contributed by atoms with E-state index in [0.717, 1.165) is 37.0 Å². The lowest BCUT2D eigenvalue weighted by atomic mass is 9.45. The molecule has 0 bridgehead atoms. The molecule has 4 rings (SSSR count). The maximum absolute atomic E-state index is 12.1. The summed E-state index contributed by atoms with van der Waals surface area (Å²) in [5.74, 6) is 3.77. The summed E-state index contributed by atoms with van der Waals surface area (Å²) in [4.78, 5) is 12.1. The Morgan fingerprint density at radius 2 is 1.61 bits per heavy atom. The zero-order valence-corrected chi connectivity index (χ0v) is 20.6. The summed E-state index contributed by atoms with van der Waals surface area (Å²) in [6, 6.07) is 0. The summed E-state index contributed by atoms with van der Waals surface area (Å²) in [5.41, 5.74) is 0.806. The monoisotopic (exact) mass is 404 g/mol. The molecule has 4 fully saturated rings. The molecule has 0 unspecified atom stereocenters. The average Bonchev–Trinajstić information content (AvgIpc) is 2.91. The van der Waals surface area contributed by atoms with Crippen LogP contribution in [-0.4, -0.2) is 20.2 Å². The van der Waals surface area contributed by atoms with Crippen molar-refractivity contribution in [3.63, 3.8) is 0 Å². The smallest absolute Gasteiger partial charge is 0.192 e. The highest BCUT2D eigenvalue weighted by molar-refractivity contribution is 6.74. The van der Waals surface area contributed by atoms with Crippen molar-refractivity contribution in [1.29, 1.82) is 0 Å². The molecule has 0 spiro atoms. The Balaban J connectivity index is 1.55. The predicted octanol–water partition coefficient (Wildman–Crippen LogP) is 6.99. The van der Waals surface area contributed by atoms with Crippen LogP contribution < -0.4 is 0 Å². The van der Waals surface area contributed by atoms with Gasteiger partial charge in [-0.15, -0.1) is 0 Å². The molecule has 4 aliphatic carbocycles. The van der Waals surface area contributed by atoms with Gasteiger partial charge in [0.1, 0.15) is 5.78 Å². The van der Waals surface area contributed by atoms with Gasteiger partial charge in [-0.3, -0.25) is 4.79 Å². The molecule has 0 saturated heterocycles. The van der Waals surface area contributed by atoms with Gasteiger partial charge >= 0.3 is 0 Å². The lowest BCUT2D eigenvalue weighted by Crippen LogP contribution is -2.55. The van der Waals surface area contributed by atoms with Gasteiger partial charge in [0.15, 0.2) is 8.32 Å². The van der Waals surface area contributed by atoms with Gasteiger partial charge in [0.2, 0.25) is 0 Å². The zero-order chi connectivity index (χ0) is 20.5. The Labute approximate surface area is 174 Å². The van der Waals surface area contributed by atoms with Gasteiger partial charge < -0.3 is 4.43 Å². The third kappa shape index (κ3) is 3.09. The fourth-order valence-electron chi connectivity index (χ4n) is 7.72. The molecule has 0 aliphatic heterocycles.